The lowest BCUT2D eigenvalue weighted by atomic mass is 9.96. The van der Waals surface area contributed by atoms with Gasteiger partial charge in [-0.05, 0) is 98.4 Å². The van der Waals surface area contributed by atoms with Crippen molar-refractivity contribution in [3.8, 4) is 0 Å². The van der Waals surface area contributed by atoms with Crippen LogP contribution in [0.3, 0.4) is 0 Å². The van der Waals surface area contributed by atoms with Gasteiger partial charge in [0, 0.05) is 49.2 Å². The van der Waals surface area contributed by atoms with Crippen molar-refractivity contribution in [2.75, 3.05) is 17.2 Å². The zero-order valence-electron chi connectivity index (χ0n) is 37.7. The number of rotatable bonds is 28. The van der Waals surface area contributed by atoms with Gasteiger partial charge in [-0.15, -0.1) is 0 Å². The number of para-hydroxylation sites is 1. The van der Waals surface area contributed by atoms with E-state index in [-0.39, 0.29) is 44.6 Å². The first kappa shape index (κ1) is 53.7. The molecule has 0 fully saturated rings. The Kier molecular flexibility index (Phi) is 22.7. The number of unbranched alkanes of at least 4 members (excludes halogenated alkanes) is 1. The quantitative estimate of drug-likeness (QED) is 0.0367. The van der Waals surface area contributed by atoms with Crippen LogP contribution in [-0.2, 0) is 44.8 Å². The average Bonchev–Trinajstić information content (AvgIpc) is 3.29. The van der Waals surface area contributed by atoms with E-state index in [1.54, 1.807) is 80.8 Å². The Morgan fingerprint density at radius 2 is 1.34 bits per heavy atom. The second-order valence-corrected chi connectivity index (χ2v) is 15.8. The number of benzene rings is 2. The summed E-state index contributed by atoms with van der Waals surface area (Å²) < 4.78 is 0. The highest BCUT2D eigenvalue weighted by atomic mass is 16.4. The molecule has 360 valence electrons. The number of aryl methyl sites for hydroxylation is 1. The van der Waals surface area contributed by atoms with Crippen LogP contribution < -0.4 is 37.2 Å². The van der Waals surface area contributed by atoms with E-state index in [4.69, 9.17) is 5.11 Å². The number of anilines is 2. The predicted octanol–water partition coefficient (Wildman–Crippen LogP) is 3.77. The molecule has 7 amide bonds. The summed E-state index contributed by atoms with van der Waals surface area (Å²) >= 11 is 0. The van der Waals surface area contributed by atoms with Gasteiger partial charge in [-0.3, -0.25) is 38.5 Å². The largest absolute Gasteiger partial charge is 0.481 e. The second kappa shape index (κ2) is 28.3. The van der Waals surface area contributed by atoms with Gasteiger partial charge in [-0.25, -0.2) is 9.59 Å². The fraction of sp³-hybridized carbons (Fsp3) is 0.404. The summed E-state index contributed by atoms with van der Waals surface area (Å²) in [6.45, 7) is 5.41. The molecule has 0 aliphatic carbocycles. The SMILES string of the molecule is CCC(C)[C@H](NC(=O)[C@H](CCC(=O)O)NC(=O)[C@H](CCCCNC(=O)/C=C/c1cccnc1)NC(=O)Cc1ccc(NC(=O)Nc2ccccc2C)cc1)C(=O)N[C@@H](CCCC(=O)O)C(=O)O. The number of urea groups is 1. The Balaban J connectivity index is 1.75. The Bertz CT molecular complexity index is 2200. The highest BCUT2D eigenvalue weighted by Gasteiger charge is 2.33. The summed E-state index contributed by atoms with van der Waals surface area (Å²) in [5.74, 6) is -8.04. The molecular formula is C47H60N8O12. The molecule has 20 heteroatoms. The Hall–Kier alpha value is -7.64. The van der Waals surface area contributed by atoms with Crippen molar-refractivity contribution in [2.45, 2.75) is 109 Å². The number of carbonyl (C=O) groups excluding carboxylic acids is 6. The molecule has 1 heterocycles. The third-order valence-corrected chi connectivity index (χ3v) is 10.5. The highest BCUT2D eigenvalue weighted by Crippen LogP contribution is 2.16. The van der Waals surface area contributed by atoms with Crippen LogP contribution in [0.5, 0.6) is 0 Å². The van der Waals surface area contributed by atoms with Gasteiger partial charge in [-0.2, -0.15) is 0 Å². The van der Waals surface area contributed by atoms with Crippen molar-refractivity contribution < 1.29 is 58.5 Å². The number of pyridine rings is 1. The molecule has 0 spiro atoms. The number of carboxylic acid groups (broad SMARTS) is 3. The molecule has 0 saturated heterocycles. The molecule has 0 bridgehead atoms. The maximum absolute atomic E-state index is 14.0. The lowest BCUT2D eigenvalue weighted by Gasteiger charge is -2.28. The number of hydrogen-bond donors (Lipinski definition) is 10. The van der Waals surface area contributed by atoms with E-state index in [0.717, 1.165) is 11.1 Å². The van der Waals surface area contributed by atoms with Crippen LogP contribution in [0.1, 0.15) is 88.3 Å². The average molecular weight is 929 g/mol. The third kappa shape index (κ3) is 20.4. The van der Waals surface area contributed by atoms with Gasteiger partial charge in [0.25, 0.3) is 0 Å². The molecular weight excluding hydrogens is 869 g/mol. The molecule has 10 N–H and O–H groups in total. The number of amides is 7. The van der Waals surface area contributed by atoms with Gasteiger partial charge >= 0.3 is 23.9 Å². The normalized spacial score (nSPS) is 13.1. The van der Waals surface area contributed by atoms with E-state index in [1.807, 2.05) is 19.1 Å². The van der Waals surface area contributed by atoms with Crippen molar-refractivity contribution >= 4 is 70.9 Å². The van der Waals surface area contributed by atoms with E-state index in [0.29, 0.717) is 36.2 Å². The molecule has 0 aliphatic heterocycles. The van der Waals surface area contributed by atoms with Crippen molar-refractivity contribution in [1.29, 1.82) is 0 Å². The summed E-state index contributed by atoms with van der Waals surface area (Å²) in [4.78, 5) is 118. The number of aromatic nitrogens is 1. The number of carbonyl (C=O) groups is 9. The van der Waals surface area contributed by atoms with Crippen molar-refractivity contribution in [3.05, 3.63) is 95.8 Å². The number of hydrogen-bond acceptors (Lipinski definition) is 10. The summed E-state index contributed by atoms with van der Waals surface area (Å²) in [7, 11) is 0. The predicted molar refractivity (Wildman–Crippen MR) is 247 cm³/mol. The molecule has 3 rings (SSSR count). The van der Waals surface area contributed by atoms with Crippen molar-refractivity contribution in [2.24, 2.45) is 5.92 Å². The summed E-state index contributed by atoms with van der Waals surface area (Å²) in [6.07, 6.45) is 5.40. The van der Waals surface area contributed by atoms with E-state index in [9.17, 15) is 53.4 Å². The highest BCUT2D eigenvalue weighted by molar-refractivity contribution is 6.00. The van der Waals surface area contributed by atoms with Crippen LogP contribution in [0.15, 0.2) is 79.1 Å². The van der Waals surface area contributed by atoms with Gasteiger partial charge in [0.1, 0.15) is 24.2 Å². The van der Waals surface area contributed by atoms with Gasteiger partial charge < -0.3 is 52.5 Å². The van der Waals surface area contributed by atoms with Crippen LogP contribution in [0.2, 0.25) is 0 Å². The van der Waals surface area contributed by atoms with E-state index in [2.05, 4.69) is 42.2 Å². The number of nitrogens with one attached hydrogen (secondary N) is 7. The maximum Gasteiger partial charge on any atom is 0.326 e. The molecule has 1 unspecified atom stereocenters. The molecule has 0 radical (unpaired) electrons. The fourth-order valence-electron chi connectivity index (χ4n) is 6.53. The van der Waals surface area contributed by atoms with Gasteiger partial charge in [0.2, 0.25) is 29.5 Å². The van der Waals surface area contributed by atoms with Crippen LogP contribution in [0.25, 0.3) is 6.08 Å². The third-order valence-electron chi connectivity index (χ3n) is 10.5. The van der Waals surface area contributed by atoms with Crippen LogP contribution in [0.4, 0.5) is 16.2 Å². The standard InChI is InChI=1S/C47H60N8O12/c1-4-29(2)42(45(64)53-37(46(65)66)15-9-16-40(58)59)55-44(63)36(22-24-41(60)61)52-43(62)35(14-7-8-26-49-38(56)23-19-32-12-10-25-48-28-32)51-39(57)27-31-17-20-33(21-18-31)50-47(67)54-34-13-6-5-11-30(34)3/h5-6,10-13,17-21,23,25,28-29,35-37,42H,4,7-9,14-16,22,24,26-27H2,1-3H3,(H,49,56)(H,51,57)(H,52,62)(H,53,64)(H,55,63)(H,58,59)(H,60,61)(H,65,66)(H2,50,54,67)/b23-19+/t29?,35-,36-,37-,42-/m0/s1. The van der Waals surface area contributed by atoms with Crippen LogP contribution in [0, 0.1) is 12.8 Å². The van der Waals surface area contributed by atoms with Crippen molar-refractivity contribution in [3.63, 3.8) is 0 Å². The molecule has 5 atom stereocenters. The van der Waals surface area contributed by atoms with Crippen LogP contribution >= 0.6 is 0 Å². The number of aliphatic carboxylic acids is 3. The number of carboxylic acids is 3. The molecule has 0 aliphatic rings. The zero-order chi connectivity index (χ0) is 49.3. The lowest BCUT2D eigenvalue weighted by molar-refractivity contribution is -0.143. The van der Waals surface area contributed by atoms with Gasteiger partial charge in [0.05, 0.1) is 6.42 Å². The minimum Gasteiger partial charge on any atom is -0.481 e. The van der Waals surface area contributed by atoms with Crippen molar-refractivity contribution in [1.82, 2.24) is 31.6 Å². The minimum atomic E-state index is -1.53. The first-order valence-electron chi connectivity index (χ1n) is 21.9. The maximum atomic E-state index is 14.0. The Morgan fingerprint density at radius 1 is 0.687 bits per heavy atom. The molecule has 3 aromatic rings. The van der Waals surface area contributed by atoms with Gasteiger partial charge in [-0.1, -0.05) is 56.7 Å². The lowest BCUT2D eigenvalue weighted by Crippen LogP contribution is -2.59. The Labute approximate surface area is 388 Å². The summed E-state index contributed by atoms with van der Waals surface area (Å²) in [6, 6.07) is 11.2. The molecule has 2 aromatic carbocycles. The molecule has 0 saturated carbocycles. The minimum absolute atomic E-state index is 0.0292. The topological polar surface area (TPSA) is 311 Å². The fourth-order valence-corrected chi connectivity index (χ4v) is 6.53. The monoisotopic (exact) mass is 928 g/mol. The molecule has 1 aromatic heterocycles. The first-order valence-corrected chi connectivity index (χ1v) is 21.9. The second-order valence-electron chi connectivity index (χ2n) is 15.8. The molecule has 67 heavy (non-hydrogen) atoms. The van der Waals surface area contributed by atoms with E-state index >= 15 is 0 Å². The smallest absolute Gasteiger partial charge is 0.326 e. The van der Waals surface area contributed by atoms with E-state index < -0.39 is 90.5 Å². The van der Waals surface area contributed by atoms with E-state index in [1.165, 1.54) is 6.08 Å². The van der Waals surface area contributed by atoms with Crippen LogP contribution in [-0.4, -0.2) is 104 Å². The zero-order valence-corrected chi connectivity index (χ0v) is 37.7. The molecule has 20 nitrogen and oxygen atoms in total. The summed E-state index contributed by atoms with van der Waals surface area (Å²) in [5.41, 5.74) is 3.21. The number of nitrogens with zero attached hydrogens (tertiary/aromatic N) is 1. The van der Waals surface area contributed by atoms with Gasteiger partial charge in [0.15, 0.2) is 0 Å². The summed E-state index contributed by atoms with van der Waals surface area (Å²) in [5, 5.41) is 46.5. The first-order chi connectivity index (χ1) is 31.9. The Morgan fingerprint density at radius 3 is 1.99 bits per heavy atom.